The number of aromatic nitrogens is 2. The molecule has 144 valence electrons. The lowest BCUT2D eigenvalue weighted by molar-refractivity contribution is -0.180. The molecule has 0 aliphatic heterocycles. The normalized spacial score (nSPS) is 22.0. The van der Waals surface area contributed by atoms with Gasteiger partial charge in [-0.2, -0.15) is 0 Å². The van der Waals surface area contributed by atoms with Crippen molar-refractivity contribution < 1.29 is 18.4 Å². The summed E-state index contributed by atoms with van der Waals surface area (Å²) in [5.41, 5.74) is 6.29. The fourth-order valence-electron chi connectivity index (χ4n) is 3.71. The van der Waals surface area contributed by atoms with Gasteiger partial charge >= 0.3 is 0 Å². The number of hydroxylamine groups is 2. The zero-order valence-electron chi connectivity index (χ0n) is 15.3. The van der Waals surface area contributed by atoms with E-state index in [1.807, 2.05) is 0 Å². The molecule has 6 nitrogen and oxygen atoms in total. The predicted molar refractivity (Wildman–Crippen MR) is 95.1 cm³/mol. The number of hydrogen-bond acceptors (Lipinski definition) is 5. The summed E-state index contributed by atoms with van der Waals surface area (Å²) in [4.78, 5) is 25.7. The first-order valence-corrected chi connectivity index (χ1v) is 8.69. The molecule has 1 aromatic heterocycles. The van der Waals surface area contributed by atoms with Crippen molar-refractivity contribution in [3.05, 3.63) is 47.8 Å². The average molecular weight is 376 g/mol. The lowest BCUT2D eigenvalue weighted by atomic mass is 9.78. The molecule has 0 radical (unpaired) electrons. The second-order valence-electron chi connectivity index (χ2n) is 6.98. The Kier molecular flexibility index (Phi) is 5.48. The first kappa shape index (κ1) is 19.3. The van der Waals surface area contributed by atoms with Gasteiger partial charge in [0, 0.05) is 13.1 Å². The molecular formula is C19H22F2N4O2. The third kappa shape index (κ3) is 3.96. The van der Waals surface area contributed by atoms with Crippen LogP contribution in [-0.2, 0) is 16.1 Å². The van der Waals surface area contributed by atoms with Crippen molar-refractivity contribution in [2.24, 2.45) is 11.1 Å². The Labute approximate surface area is 156 Å². The van der Waals surface area contributed by atoms with E-state index in [-0.39, 0.29) is 23.3 Å². The van der Waals surface area contributed by atoms with Crippen molar-refractivity contribution in [1.29, 1.82) is 0 Å². The molecule has 0 unspecified atom stereocenters. The Balaban J connectivity index is 1.94. The second kappa shape index (κ2) is 7.66. The van der Waals surface area contributed by atoms with Gasteiger partial charge in [-0.05, 0) is 43.4 Å². The van der Waals surface area contributed by atoms with Crippen LogP contribution in [0, 0.1) is 17.0 Å². The van der Waals surface area contributed by atoms with Crippen LogP contribution in [-0.4, -0.2) is 41.1 Å². The number of benzene rings is 1. The largest absolute Gasteiger partial charge is 0.328 e. The smallest absolute Gasteiger partial charge is 0.252 e. The number of rotatable bonds is 5. The van der Waals surface area contributed by atoms with Gasteiger partial charge in [0.05, 0.1) is 30.5 Å². The van der Waals surface area contributed by atoms with Crippen molar-refractivity contribution in [2.45, 2.75) is 31.7 Å². The number of nitrogens with two attached hydrogens (primary N) is 1. The van der Waals surface area contributed by atoms with E-state index in [1.54, 1.807) is 19.2 Å². The van der Waals surface area contributed by atoms with Crippen LogP contribution >= 0.6 is 0 Å². The maximum Gasteiger partial charge on any atom is 0.252 e. The summed E-state index contributed by atoms with van der Waals surface area (Å²) in [7, 11) is 3.00. The van der Waals surface area contributed by atoms with Crippen LogP contribution < -0.4 is 5.73 Å². The van der Waals surface area contributed by atoms with E-state index in [9.17, 15) is 13.6 Å². The predicted octanol–water partition coefficient (Wildman–Crippen LogP) is 2.48. The van der Waals surface area contributed by atoms with Gasteiger partial charge in [0.15, 0.2) is 11.6 Å². The van der Waals surface area contributed by atoms with Crippen LogP contribution in [0.25, 0.3) is 11.4 Å². The van der Waals surface area contributed by atoms with Gasteiger partial charge in [0.1, 0.15) is 5.82 Å². The monoisotopic (exact) mass is 376 g/mol. The third-order valence-corrected chi connectivity index (χ3v) is 5.09. The zero-order valence-corrected chi connectivity index (χ0v) is 15.3. The molecular weight excluding hydrogens is 354 g/mol. The average Bonchev–Trinajstić information content (AvgIpc) is 3.04. The van der Waals surface area contributed by atoms with Gasteiger partial charge in [0.25, 0.3) is 5.91 Å². The van der Waals surface area contributed by atoms with Gasteiger partial charge < -0.3 is 5.73 Å². The molecule has 8 heteroatoms. The number of carbonyl (C=O) groups excluding carboxylic acids is 1. The van der Waals surface area contributed by atoms with Gasteiger partial charge in [-0.15, -0.1) is 0 Å². The zero-order chi connectivity index (χ0) is 19.6. The van der Waals surface area contributed by atoms with E-state index < -0.39 is 17.0 Å². The lowest BCUT2D eigenvalue weighted by Gasteiger charge is -2.31. The molecule has 3 rings (SSSR count). The van der Waals surface area contributed by atoms with Crippen LogP contribution in [0.2, 0.25) is 0 Å². The molecule has 1 aromatic carbocycles. The quantitative estimate of drug-likeness (QED) is 0.811. The molecule has 1 aliphatic rings. The number of hydrogen-bond donors (Lipinski definition) is 1. The minimum absolute atomic E-state index is 0.0699. The Bertz CT molecular complexity index is 831. The molecule has 1 heterocycles. The molecule has 2 aromatic rings. The van der Waals surface area contributed by atoms with Crippen molar-refractivity contribution >= 4 is 5.91 Å². The summed E-state index contributed by atoms with van der Waals surface area (Å²) in [5, 5.41) is 1.21. The fraction of sp³-hybridized carbons (Fsp3) is 0.421. The van der Waals surface area contributed by atoms with Crippen LogP contribution in [0.15, 0.2) is 30.6 Å². The maximum absolute atomic E-state index is 14.3. The highest BCUT2D eigenvalue weighted by Crippen LogP contribution is 2.42. The molecule has 0 bridgehead atoms. The molecule has 1 saturated carbocycles. The fourth-order valence-corrected chi connectivity index (χ4v) is 3.71. The summed E-state index contributed by atoms with van der Waals surface area (Å²) < 4.78 is 27.3. The van der Waals surface area contributed by atoms with Crippen LogP contribution in [0.1, 0.15) is 24.8 Å². The van der Waals surface area contributed by atoms with E-state index in [2.05, 4.69) is 9.97 Å². The van der Waals surface area contributed by atoms with E-state index in [1.165, 1.54) is 18.2 Å². The second-order valence-corrected chi connectivity index (χ2v) is 6.98. The molecule has 1 aliphatic carbocycles. The number of carbonyl (C=O) groups is 1. The Morgan fingerprint density at radius 2 is 2.07 bits per heavy atom. The van der Waals surface area contributed by atoms with E-state index in [0.29, 0.717) is 19.3 Å². The van der Waals surface area contributed by atoms with Gasteiger partial charge in [-0.3, -0.25) is 9.63 Å². The lowest BCUT2D eigenvalue weighted by Crippen LogP contribution is -2.42. The highest BCUT2D eigenvalue weighted by molar-refractivity contribution is 5.82. The number of halogens is 2. The molecule has 0 spiro atoms. The van der Waals surface area contributed by atoms with Crippen LogP contribution in [0.4, 0.5) is 8.78 Å². The Hall–Kier alpha value is -2.45. The highest BCUT2D eigenvalue weighted by Gasteiger charge is 2.46. The molecule has 1 fully saturated rings. The van der Waals surface area contributed by atoms with Gasteiger partial charge in [0.2, 0.25) is 0 Å². The SMILES string of the molecule is CON(C)C(=O)[C@@]1(Cc2ccc(F)c(-c3ncc(F)cn3)c2)CC[C@H](N)C1. The molecule has 1 amide bonds. The van der Waals surface area contributed by atoms with E-state index in [4.69, 9.17) is 10.6 Å². The number of amides is 1. The van der Waals surface area contributed by atoms with Crippen molar-refractivity contribution in [3.63, 3.8) is 0 Å². The molecule has 2 N–H and O–H groups in total. The van der Waals surface area contributed by atoms with Crippen molar-refractivity contribution in [1.82, 2.24) is 15.0 Å². The van der Waals surface area contributed by atoms with Gasteiger partial charge in [-0.25, -0.2) is 23.8 Å². The third-order valence-electron chi connectivity index (χ3n) is 5.09. The minimum atomic E-state index is -0.705. The maximum atomic E-state index is 14.3. The topological polar surface area (TPSA) is 81.3 Å². The Morgan fingerprint density at radius 3 is 2.67 bits per heavy atom. The summed E-state index contributed by atoms with van der Waals surface area (Å²) in [6.45, 7) is 0. The number of nitrogens with zero attached hydrogens (tertiary/aromatic N) is 3. The highest BCUT2D eigenvalue weighted by atomic mass is 19.1. The Morgan fingerprint density at radius 1 is 1.37 bits per heavy atom. The van der Waals surface area contributed by atoms with E-state index >= 15 is 0 Å². The summed E-state index contributed by atoms with van der Waals surface area (Å²) in [5.74, 6) is -1.17. The standard InChI is InChI=1S/C19H22F2N4O2/c1-25(27-2)18(26)19(6-5-14(22)9-19)8-12-3-4-16(21)15(7-12)17-23-10-13(20)11-24-17/h3-4,7,10-11,14H,5-6,8-9,22H2,1-2H3/t14-,19+/m0/s1. The van der Waals surface area contributed by atoms with Crippen LogP contribution in [0.3, 0.4) is 0 Å². The summed E-state index contributed by atoms with van der Waals surface area (Å²) in [6, 6.07) is 4.48. The molecule has 0 saturated heterocycles. The summed E-state index contributed by atoms with van der Waals surface area (Å²) in [6.07, 6.45) is 4.26. The first-order chi connectivity index (χ1) is 12.8. The van der Waals surface area contributed by atoms with Crippen molar-refractivity contribution in [2.75, 3.05) is 14.2 Å². The molecule has 27 heavy (non-hydrogen) atoms. The molecule has 2 atom stereocenters. The van der Waals surface area contributed by atoms with E-state index in [0.717, 1.165) is 24.4 Å². The first-order valence-electron chi connectivity index (χ1n) is 8.69. The summed E-state index contributed by atoms with van der Waals surface area (Å²) >= 11 is 0. The van der Waals surface area contributed by atoms with Crippen molar-refractivity contribution in [3.8, 4) is 11.4 Å². The van der Waals surface area contributed by atoms with Gasteiger partial charge in [-0.1, -0.05) is 6.07 Å². The van der Waals surface area contributed by atoms with Crippen LogP contribution in [0.5, 0.6) is 0 Å². The minimum Gasteiger partial charge on any atom is -0.328 e.